The summed E-state index contributed by atoms with van der Waals surface area (Å²) in [5.74, 6) is -0.287. The van der Waals surface area contributed by atoms with E-state index in [9.17, 15) is 9.59 Å². The number of imide groups is 1. The maximum absolute atomic E-state index is 12.7. The number of carbonyl (C=O) groups is 2. The molecular weight excluding hydrogens is 270 g/mol. The molecule has 2 heterocycles. The molecule has 3 rings (SSSR count). The summed E-state index contributed by atoms with van der Waals surface area (Å²) in [7, 11) is 0. The molecule has 0 bridgehead atoms. The molecule has 0 aliphatic carbocycles. The third-order valence-corrected chi connectivity index (χ3v) is 3.77. The van der Waals surface area contributed by atoms with Crippen molar-refractivity contribution in [3.05, 3.63) is 53.4 Å². The third kappa shape index (κ3) is 2.08. The lowest BCUT2D eigenvalue weighted by atomic mass is 9.88. The molecule has 1 fully saturated rings. The van der Waals surface area contributed by atoms with Crippen LogP contribution in [0.4, 0.5) is 4.79 Å². The molecule has 1 aliphatic heterocycles. The molecule has 108 valence electrons. The van der Waals surface area contributed by atoms with Gasteiger partial charge in [-0.3, -0.25) is 9.69 Å². The lowest BCUT2D eigenvalue weighted by molar-refractivity contribution is -0.131. The quantitative estimate of drug-likeness (QED) is 0.875. The summed E-state index contributed by atoms with van der Waals surface area (Å²) in [6.45, 7) is 3.74. The van der Waals surface area contributed by atoms with Gasteiger partial charge in [0.15, 0.2) is 0 Å². The average Bonchev–Trinajstić information content (AvgIpc) is 3.03. The van der Waals surface area contributed by atoms with Crippen molar-refractivity contribution >= 4 is 11.9 Å². The van der Waals surface area contributed by atoms with Crippen molar-refractivity contribution in [3.63, 3.8) is 0 Å². The van der Waals surface area contributed by atoms with E-state index < -0.39 is 11.6 Å². The zero-order valence-electron chi connectivity index (χ0n) is 11.8. The van der Waals surface area contributed by atoms with Crippen LogP contribution < -0.4 is 5.32 Å². The first-order valence-corrected chi connectivity index (χ1v) is 6.62. The van der Waals surface area contributed by atoms with E-state index in [0.29, 0.717) is 5.69 Å². The first-order chi connectivity index (χ1) is 10.0. The monoisotopic (exact) mass is 285 g/mol. The van der Waals surface area contributed by atoms with Gasteiger partial charge < -0.3 is 9.84 Å². The normalized spacial score (nSPS) is 21.7. The number of hydrogen-bond acceptors (Lipinski definition) is 4. The predicted octanol–water partition coefficient (Wildman–Crippen LogP) is 1.95. The van der Waals surface area contributed by atoms with Gasteiger partial charge in [-0.05, 0) is 25.0 Å². The van der Waals surface area contributed by atoms with Gasteiger partial charge >= 0.3 is 6.03 Å². The molecule has 1 N–H and O–H groups in total. The van der Waals surface area contributed by atoms with Crippen LogP contribution in [-0.4, -0.2) is 22.0 Å². The second-order valence-electron chi connectivity index (χ2n) is 5.25. The highest BCUT2D eigenvalue weighted by Crippen LogP contribution is 2.31. The summed E-state index contributed by atoms with van der Waals surface area (Å²) in [5.41, 5.74) is 1.24. The summed E-state index contributed by atoms with van der Waals surface area (Å²) in [6.07, 6.45) is 1.41. The molecule has 1 aliphatic rings. The minimum atomic E-state index is -1.05. The maximum Gasteiger partial charge on any atom is 0.325 e. The van der Waals surface area contributed by atoms with Gasteiger partial charge in [-0.1, -0.05) is 29.4 Å². The highest BCUT2D eigenvalue weighted by atomic mass is 16.5. The van der Waals surface area contributed by atoms with Crippen LogP contribution in [0, 0.1) is 6.92 Å². The molecule has 1 aromatic heterocycles. The van der Waals surface area contributed by atoms with Crippen molar-refractivity contribution in [2.75, 3.05) is 0 Å². The Bertz CT molecular complexity index is 696. The molecule has 3 amide bonds. The third-order valence-electron chi connectivity index (χ3n) is 3.77. The number of carbonyl (C=O) groups excluding carboxylic acids is 2. The topological polar surface area (TPSA) is 75.4 Å². The van der Waals surface area contributed by atoms with E-state index in [1.165, 1.54) is 6.26 Å². The smallest absolute Gasteiger partial charge is 0.325 e. The van der Waals surface area contributed by atoms with Gasteiger partial charge in [0.05, 0.1) is 6.54 Å². The molecule has 0 saturated carbocycles. The minimum absolute atomic E-state index is 0.0998. The van der Waals surface area contributed by atoms with Crippen LogP contribution in [0.25, 0.3) is 0 Å². The Hall–Kier alpha value is -2.63. The van der Waals surface area contributed by atoms with E-state index in [0.717, 1.165) is 16.0 Å². The molecule has 0 radical (unpaired) electrons. The number of amides is 3. The summed E-state index contributed by atoms with van der Waals surface area (Å²) in [5, 5.41) is 6.52. The molecule has 1 atom stereocenters. The summed E-state index contributed by atoms with van der Waals surface area (Å²) >= 11 is 0. The van der Waals surface area contributed by atoms with Gasteiger partial charge in [0, 0.05) is 6.07 Å². The first-order valence-electron chi connectivity index (χ1n) is 6.62. The van der Waals surface area contributed by atoms with Gasteiger partial charge in [-0.2, -0.15) is 0 Å². The Labute approximate surface area is 121 Å². The van der Waals surface area contributed by atoms with Crippen molar-refractivity contribution < 1.29 is 14.1 Å². The number of hydrogen-bond donors (Lipinski definition) is 1. The molecule has 6 heteroatoms. The average molecular weight is 285 g/mol. The van der Waals surface area contributed by atoms with Crippen molar-refractivity contribution in [3.8, 4) is 0 Å². The molecule has 2 aromatic rings. The van der Waals surface area contributed by atoms with E-state index in [1.54, 1.807) is 13.0 Å². The van der Waals surface area contributed by atoms with Crippen LogP contribution >= 0.6 is 0 Å². The molecular formula is C15H15N3O3. The van der Waals surface area contributed by atoms with Crippen LogP contribution in [0.5, 0.6) is 0 Å². The van der Waals surface area contributed by atoms with Crippen LogP contribution in [0.3, 0.4) is 0 Å². The molecule has 0 unspecified atom stereocenters. The fourth-order valence-electron chi connectivity index (χ4n) is 2.64. The number of aromatic nitrogens is 1. The molecule has 1 aromatic carbocycles. The van der Waals surface area contributed by atoms with Crippen LogP contribution in [0.15, 0.2) is 41.1 Å². The SMILES string of the molecule is Cc1ccccc1[C@@]1(C)NC(=O)N(Cc2ccon2)C1=O. The fraction of sp³-hybridized carbons (Fsp3) is 0.267. The van der Waals surface area contributed by atoms with Crippen molar-refractivity contribution in [2.45, 2.75) is 25.9 Å². The molecule has 6 nitrogen and oxygen atoms in total. The number of benzene rings is 1. The molecule has 21 heavy (non-hydrogen) atoms. The van der Waals surface area contributed by atoms with Crippen LogP contribution in [0.1, 0.15) is 23.7 Å². The maximum atomic E-state index is 12.7. The lowest BCUT2D eigenvalue weighted by Crippen LogP contribution is -2.41. The van der Waals surface area contributed by atoms with Crippen molar-refractivity contribution in [2.24, 2.45) is 0 Å². The van der Waals surface area contributed by atoms with Crippen molar-refractivity contribution in [1.82, 2.24) is 15.4 Å². The van der Waals surface area contributed by atoms with Gasteiger partial charge in [0.2, 0.25) is 0 Å². The number of nitrogens with zero attached hydrogens (tertiary/aromatic N) is 2. The number of rotatable bonds is 3. The zero-order valence-corrected chi connectivity index (χ0v) is 11.8. The standard InChI is InChI=1S/C15H15N3O3/c1-10-5-3-4-6-12(10)15(2)13(19)18(14(20)16-15)9-11-7-8-21-17-11/h3-8H,9H2,1-2H3,(H,16,20)/t15-/m1/s1. The highest BCUT2D eigenvalue weighted by Gasteiger charge is 2.49. The van der Waals surface area contributed by atoms with E-state index in [4.69, 9.17) is 4.52 Å². The summed E-state index contributed by atoms with van der Waals surface area (Å²) < 4.78 is 4.73. The highest BCUT2D eigenvalue weighted by molar-refractivity contribution is 6.07. The van der Waals surface area contributed by atoms with Gasteiger partial charge in [0.25, 0.3) is 5.91 Å². The van der Waals surface area contributed by atoms with Crippen LogP contribution in [-0.2, 0) is 16.9 Å². The Balaban J connectivity index is 1.94. The Morgan fingerprint density at radius 2 is 2.05 bits per heavy atom. The van der Waals surface area contributed by atoms with Crippen molar-refractivity contribution in [1.29, 1.82) is 0 Å². The van der Waals surface area contributed by atoms with Gasteiger partial charge in [0.1, 0.15) is 17.5 Å². The number of aryl methyl sites for hydroxylation is 1. The van der Waals surface area contributed by atoms with Gasteiger partial charge in [-0.15, -0.1) is 0 Å². The second kappa shape index (κ2) is 4.73. The summed E-state index contributed by atoms with van der Waals surface area (Å²) in [6, 6.07) is 8.73. The second-order valence-corrected chi connectivity index (χ2v) is 5.25. The number of urea groups is 1. The van der Waals surface area contributed by atoms with E-state index in [-0.39, 0.29) is 12.5 Å². The Morgan fingerprint density at radius 3 is 2.71 bits per heavy atom. The Kier molecular flexibility index (Phi) is 3.01. The zero-order chi connectivity index (χ0) is 15.0. The largest absolute Gasteiger partial charge is 0.364 e. The van der Waals surface area contributed by atoms with E-state index >= 15 is 0 Å². The van der Waals surface area contributed by atoms with E-state index in [2.05, 4.69) is 10.5 Å². The minimum Gasteiger partial charge on any atom is -0.364 e. The molecule has 0 spiro atoms. The number of nitrogens with one attached hydrogen (secondary N) is 1. The molecule has 1 saturated heterocycles. The lowest BCUT2D eigenvalue weighted by Gasteiger charge is -2.24. The fourth-order valence-corrected chi connectivity index (χ4v) is 2.64. The van der Waals surface area contributed by atoms with E-state index in [1.807, 2.05) is 31.2 Å². The predicted molar refractivity (Wildman–Crippen MR) is 74.1 cm³/mol. The van der Waals surface area contributed by atoms with Gasteiger partial charge in [-0.25, -0.2) is 4.79 Å². The Morgan fingerprint density at radius 1 is 1.29 bits per heavy atom. The summed E-state index contributed by atoms with van der Waals surface area (Å²) in [4.78, 5) is 26.0. The van der Waals surface area contributed by atoms with Crippen LogP contribution in [0.2, 0.25) is 0 Å². The first kappa shape index (κ1) is 13.4.